The van der Waals surface area contributed by atoms with Crippen molar-refractivity contribution in [1.29, 1.82) is 0 Å². The second-order valence-electron chi connectivity index (χ2n) is 5.73. The third-order valence-electron chi connectivity index (χ3n) is 4.03. The summed E-state index contributed by atoms with van der Waals surface area (Å²) >= 11 is 0. The van der Waals surface area contributed by atoms with Crippen LogP contribution in [-0.2, 0) is 16.4 Å². The largest absolute Gasteiger partial charge is 0.494 e. The molecular weight excluding hydrogens is 316 g/mol. The third kappa shape index (κ3) is 3.73. The predicted molar refractivity (Wildman–Crippen MR) is 89.7 cm³/mol. The molecule has 0 spiro atoms. The molecule has 1 aromatic carbocycles. The molecular formula is C16H20N2O4S. The molecule has 0 aliphatic carbocycles. The summed E-state index contributed by atoms with van der Waals surface area (Å²) in [6, 6.07) is 7.43. The molecule has 124 valence electrons. The Balaban J connectivity index is 1.85. The first-order valence-corrected chi connectivity index (χ1v) is 9.50. The molecule has 3 rings (SSSR count). The van der Waals surface area contributed by atoms with E-state index in [1.54, 1.807) is 0 Å². The fourth-order valence-electron chi connectivity index (χ4n) is 2.75. The van der Waals surface area contributed by atoms with Crippen LogP contribution in [0.25, 0.3) is 10.9 Å². The van der Waals surface area contributed by atoms with Crippen LogP contribution in [0.5, 0.6) is 5.75 Å². The second kappa shape index (κ2) is 6.33. The van der Waals surface area contributed by atoms with Gasteiger partial charge in [0.25, 0.3) is 5.56 Å². The molecule has 0 atom stereocenters. The summed E-state index contributed by atoms with van der Waals surface area (Å²) in [7, 11) is -2.91. The van der Waals surface area contributed by atoms with Crippen molar-refractivity contribution in [2.75, 3.05) is 31.2 Å². The number of H-pyrrole nitrogens is 1. The molecule has 23 heavy (non-hydrogen) atoms. The summed E-state index contributed by atoms with van der Waals surface area (Å²) in [6.45, 7) is 3.91. The Morgan fingerprint density at radius 1 is 1.22 bits per heavy atom. The van der Waals surface area contributed by atoms with E-state index in [0.29, 0.717) is 31.8 Å². The van der Waals surface area contributed by atoms with Crippen LogP contribution < -0.4 is 10.3 Å². The van der Waals surface area contributed by atoms with Crippen molar-refractivity contribution >= 4 is 20.7 Å². The Hall–Kier alpha value is -1.86. The Bertz CT molecular complexity index is 859. The number of hydrogen-bond donors (Lipinski definition) is 1. The maximum Gasteiger partial charge on any atom is 0.252 e. The highest BCUT2D eigenvalue weighted by Crippen LogP contribution is 2.20. The summed E-state index contributed by atoms with van der Waals surface area (Å²) in [5.41, 5.74) is 1.28. The van der Waals surface area contributed by atoms with Crippen LogP contribution in [0.4, 0.5) is 0 Å². The highest BCUT2D eigenvalue weighted by molar-refractivity contribution is 7.91. The monoisotopic (exact) mass is 336 g/mol. The number of benzene rings is 1. The molecule has 0 radical (unpaired) electrons. The van der Waals surface area contributed by atoms with Crippen LogP contribution in [0.15, 0.2) is 29.1 Å². The van der Waals surface area contributed by atoms with E-state index in [9.17, 15) is 13.2 Å². The lowest BCUT2D eigenvalue weighted by atomic mass is 10.1. The number of ether oxygens (including phenoxy) is 1. The zero-order valence-corrected chi connectivity index (χ0v) is 13.9. The smallest absolute Gasteiger partial charge is 0.252 e. The zero-order chi connectivity index (χ0) is 16.4. The molecule has 1 saturated heterocycles. The van der Waals surface area contributed by atoms with Crippen molar-refractivity contribution in [2.45, 2.75) is 13.5 Å². The van der Waals surface area contributed by atoms with Gasteiger partial charge >= 0.3 is 0 Å². The topological polar surface area (TPSA) is 79.5 Å². The number of rotatable bonds is 4. The Morgan fingerprint density at radius 3 is 2.65 bits per heavy atom. The SMILES string of the molecule is CCOc1ccc2[nH]c(=O)c(CN3CCS(=O)(=O)CC3)cc2c1. The van der Waals surface area contributed by atoms with E-state index < -0.39 is 9.84 Å². The van der Waals surface area contributed by atoms with Gasteiger partial charge in [0.2, 0.25) is 0 Å². The Kier molecular flexibility index (Phi) is 4.41. The molecule has 2 heterocycles. The molecule has 1 aliphatic heterocycles. The van der Waals surface area contributed by atoms with Gasteiger partial charge < -0.3 is 9.72 Å². The van der Waals surface area contributed by atoms with Crippen LogP contribution in [0.1, 0.15) is 12.5 Å². The summed E-state index contributed by atoms with van der Waals surface area (Å²) in [4.78, 5) is 17.1. The van der Waals surface area contributed by atoms with Gasteiger partial charge in [-0.2, -0.15) is 0 Å². The molecule has 1 aromatic heterocycles. The van der Waals surface area contributed by atoms with Gasteiger partial charge in [-0.3, -0.25) is 9.69 Å². The fourth-order valence-corrected chi connectivity index (χ4v) is 4.03. The van der Waals surface area contributed by atoms with Crippen molar-refractivity contribution in [3.05, 3.63) is 40.2 Å². The number of aromatic amines is 1. The third-order valence-corrected chi connectivity index (χ3v) is 5.64. The van der Waals surface area contributed by atoms with Crippen molar-refractivity contribution in [1.82, 2.24) is 9.88 Å². The zero-order valence-electron chi connectivity index (χ0n) is 13.0. The summed E-state index contributed by atoms with van der Waals surface area (Å²) in [5, 5.41) is 0.912. The van der Waals surface area contributed by atoms with Crippen LogP contribution in [0.3, 0.4) is 0 Å². The molecule has 0 unspecified atom stereocenters. The highest BCUT2D eigenvalue weighted by Gasteiger charge is 2.22. The van der Waals surface area contributed by atoms with Gasteiger partial charge in [0.15, 0.2) is 9.84 Å². The van der Waals surface area contributed by atoms with Crippen LogP contribution >= 0.6 is 0 Å². The fraction of sp³-hybridized carbons (Fsp3) is 0.438. The number of pyridine rings is 1. The molecule has 1 fully saturated rings. The van der Waals surface area contributed by atoms with E-state index in [2.05, 4.69) is 4.98 Å². The predicted octanol–water partition coefficient (Wildman–Crippen LogP) is 1.16. The van der Waals surface area contributed by atoms with E-state index >= 15 is 0 Å². The minimum absolute atomic E-state index is 0.130. The van der Waals surface area contributed by atoms with Gasteiger partial charge in [-0.1, -0.05) is 0 Å². The average Bonchev–Trinajstić information content (AvgIpc) is 2.51. The first-order chi connectivity index (χ1) is 11.0. The van der Waals surface area contributed by atoms with Crippen molar-refractivity contribution in [2.24, 2.45) is 0 Å². The maximum absolute atomic E-state index is 12.2. The minimum Gasteiger partial charge on any atom is -0.494 e. The number of hydrogen-bond acceptors (Lipinski definition) is 5. The molecule has 6 nitrogen and oxygen atoms in total. The summed E-state index contributed by atoms with van der Waals surface area (Å²) < 4.78 is 28.4. The molecule has 7 heteroatoms. The summed E-state index contributed by atoms with van der Waals surface area (Å²) in [6.07, 6.45) is 0. The first kappa shape index (κ1) is 16.0. The first-order valence-electron chi connectivity index (χ1n) is 7.68. The van der Waals surface area contributed by atoms with Gasteiger partial charge in [0.1, 0.15) is 5.75 Å². The van der Waals surface area contributed by atoms with Gasteiger partial charge in [-0.05, 0) is 31.2 Å². The summed E-state index contributed by atoms with van der Waals surface area (Å²) in [5.74, 6) is 1.09. The minimum atomic E-state index is -2.91. The van der Waals surface area contributed by atoms with E-state index in [-0.39, 0.29) is 17.1 Å². The maximum atomic E-state index is 12.2. The Morgan fingerprint density at radius 2 is 1.96 bits per heavy atom. The van der Waals surface area contributed by atoms with E-state index in [4.69, 9.17) is 4.74 Å². The number of nitrogens with one attached hydrogen (secondary N) is 1. The van der Waals surface area contributed by atoms with Crippen molar-refractivity contribution in [3.8, 4) is 5.75 Å². The molecule has 0 bridgehead atoms. The highest BCUT2D eigenvalue weighted by atomic mass is 32.2. The lowest BCUT2D eigenvalue weighted by Gasteiger charge is -2.26. The van der Waals surface area contributed by atoms with E-state index in [1.165, 1.54) is 0 Å². The second-order valence-corrected chi connectivity index (χ2v) is 8.04. The lowest BCUT2D eigenvalue weighted by Crippen LogP contribution is -2.40. The Labute approximate surface area is 135 Å². The number of sulfone groups is 1. The number of fused-ring (bicyclic) bond motifs is 1. The van der Waals surface area contributed by atoms with Crippen LogP contribution in [0.2, 0.25) is 0 Å². The van der Waals surface area contributed by atoms with E-state index in [0.717, 1.165) is 16.7 Å². The van der Waals surface area contributed by atoms with Gasteiger partial charge in [0, 0.05) is 36.1 Å². The van der Waals surface area contributed by atoms with Crippen LogP contribution in [-0.4, -0.2) is 49.5 Å². The standard InChI is InChI=1S/C16H20N2O4S/c1-2-22-14-3-4-15-12(10-14)9-13(16(19)17-15)11-18-5-7-23(20,21)8-6-18/h3-4,9-10H,2,5-8,11H2,1H3,(H,17,19). The van der Waals surface area contributed by atoms with Gasteiger partial charge in [0.05, 0.1) is 18.1 Å². The van der Waals surface area contributed by atoms with Crippen molar-refractivity contribution in [3.63, 3.8) is 0 Å². The van der Waals surface area contributed by atoms with Gasteiger partial charge in [-0.25, -0.2) is 8.42 Å². The number of aromatic nitrogens is 1. The van der Waals surface area contributed by atoms with Gasteiger partial charge in [-0.15, -0.1) is 0 Å². The number of nitrogens with zero attached hydrogens (tertiary/aromatic N) is 1. The molecule has 1 N–H and O–H groups in total. The molecule has 0 saturated carbocycles. The molecule has 2 aromatic rings. The molecule has 1 aliphatic rings. The van der Waals surface area contributed by atoms with E-state index in [1.807, 2.05) is 36.1 Å². The van der Waals surface area contributed by atoms with Crippen LogP contribution in [0, 0.1) is 0 Å². The quantitative estimate of drug-likeness (QED) is 0.906. The molecule has 0 amide bonds. The van der Waals surface area contributed by atoms with Crippen molar-refractivity contribution < 1.29 is 13.2 Å². The average molecular weight is 336 g/mol. The lowest BCUT2D eigenvalue weighted by molar-refractivity contribution is 0.286. The normalized spacial score (nSPS) is 18.1.